The lowest BCUT2D eigenvalue weighted by Crippen LogP contribution is -2.19. The average Bonchev–Trinajstić information content (AvgIpc) is 2.39. The Balaban J connectivity index is 2.58. The fourth-order valence-corrected chi connectivity index (χ4v) is 2.00. The summed E-state index contributed by atoms with van der Waals surface area (Å²) in [6, 6.07) is 0. The van der Waals surface area contributed by atoms with Crippen molar-refractivity contribution < 1.29 is 5.11 Å². The number of rotatable bonds is 3. The minimum atomic E-state index is 0.194. The second kappa shape index (κ2) is 4.31. The number of hydrogen-bond donors (Lipinski definition) is 1. The first-order chi connectivity index (χ1) is 6.48. The van der Waals surface area contributed by atoms with Crippen LogP contribution in [0.15, 0.2) is 23.3 Å². The highest BCUT2D eigenvalue weighted by Gasteiger charge is 2.33. The van der Waals surface area contributed by atoms with Crippen molar-refractivity contribution in [3.05, 3.63) is 23.3 Å². The molecule has 0 spiro atoms. The molecule has 0 bridgehead atoms. The zero-order valence-electron chi connectivity index (χ0n) is 9.80. The van der Waals surface area contributed by atoms with Gasteiger partial charge in [-0.1, -0.05) is 37.1 Å². The van der Waals surface area contributed by atoms with Crippen LogP contribution in [-0.4, -0.2) is 11.7 Å². The SMILES string of the molecule is CC1=CCC(C/C=C(\C)CO)C1(C)C. The lowest BCUT2D eigenvalue weighted by Gasteiger charge is -2.29. The van der Waals surface area contributed by atoms with Crippen molar-refractivity contribution in [1.29, 1.82) is 0 Å². The van der Waals surface area contributed by atoms with Crippen LogP contribution >= 0.6 is 0 Å². The number of hydrogen-bond acceptors (Lipinski definition) is 1. The van der Waals surface area contributed by atoms with E-state index in [1.807, 2.05) is 6.92 Å². The van der Waals surface area contributed by atoms with Crippen molar-refractivity contribution in [2.45, 2.75) is 40.5 Å². The molecule has 0 fully saturated rings. The monoisotopic (exact) mass is 194 g/mol. The Hall–Kier alpha value is -0.560. The zero-order valence-corrected chi connectivity index (χ0v) is 9.80. The van der Waals surface area contributed by atoms with E-state index >= 15 is 0 Å². The molecule has 1 N–H and O–H groups in total. The smallest absolute Gasteiger partial charge is 0.0639 e. The highest BCUT2D eigenvalue weighted by atomic mass is 16.3. The molecule has 1 heteroatoms. The molecule has 1 aliphatic carbocycles. The van der Waals surface area contributed by atoms with E-state index in [0.29, 0.717) is 11.3 Å². The van der Waals surface area contributed by atoms with Crippen molar-refractivity contribution in [2.75, 3.05) is 6.61 Å². The molecule has 14 heavy (non-hydrogen) atoms. The summed E-state index contributed by atoms with van der Waals surface area (Å²) in [5.41, 5.74) is 2.94. The van der Waals surface area contributed by atoms with Gasteiger partial charge in [0.25, 0.3) is 0 Å². The van der Waals surface area contributed by atoms with E-state index in [9.17, 15) is 0 Å². The second-order valence-corrected chi connectivity index (χ2v) is 4.99. The van der Waals surface area contributed by atoms with Gasteiger partial charge in [-0.25, -0.2) is 0 Å². The Labute approximate surface area is 87.5 Å². The lowest BCUT2D eigenvalue weighted by molar-refractivity contribution is 0.292. The van der Waals surface area contributed by atoms with Crippen LogP contribution in [0.5, 0.6) is 0 Å². The molecule has 0 amide bonds. The Morgan fingerprint density at radius 3 is 2.71 bits per heavy atom. The Morgan fingerprint density at radius 1 is 1.64 bits per heavy atom. The summed E-state index contributed by atoms with van der Waals surface area (Å²) in [5.74, 6) is 0.712. The van der Waals surface area contributed by atoms with Crippen LogP contribution in [0.2, 0.25) is 0 Å². The lowest BCUT2D eigenvalue weighted by atomic mass is 9.76. The van der Waals surface area contributed by atoms with Gasteiger partial charge in [0.1, 0.15) is 0 Å². The molecule has 0 aromatic heterocycles. The third-order valence-electron chi connectivity index (χ3n) is 3.75. The van der Waals surface area contributed by atoms with Crippen LogP contribution in [0, 0.1) is 11.3 Å². The molecule has 1 nitrogen and oxygen atoms in total. The second-order valence-electron chi connectivity index (χ2n) is 4.99. The van der Waals surface area contributed by atoms with Crippen LogP contribution in [0.25, 0.3) is 0 Å². The standard InChI is InChI=1S/C13H22O/c1-10(9-14)5-7-12-8-6-11(2)13(12,3)4/h5-6,12,14H,7-9H2,1-4H3/b10-5+. The zero-order chi connectivity index (χ0) is 10.8. The summed E-state index contributed by atoms with van der Waals surface area (Å²) in [5, 5.41) is 8.91. The van der Waals surface area contributed by atoms with E-state index in [4.69, 9.17) is 5.11 Å². The van der Waals surface area contributed by atoms with E-state index in [0.717, 1.165) is 12.0 Å². The molecule has 0 aromatic carbocycles. The molecular formula is C13H22O. The van der Waals surface area contributed by atoms with Crippen molar-refractivity contribution in [3.8, 4) is 0 Å². The highest BCUT2D eigenvalue weighted by Crippen LogP contribution is 2.44. The first-order valence-corrected chi connectivity index (χ1v) is 5.42. The quantitative estimate of drug-likeness (QED) is 0.683. The fraction of sp³-hybridized carbons (Fsp3) is 0.692. The third-order valence-corrected chi connectivity index (χ3v) is 3.75. The van der Waals surface area contributed by atoms with Crippen LogP contribution in [-0.2, 0) is 0 Å². The summed E-state index contributed by atoms with van der Waals surface area (Å²) in [6.07, 6.45) is 6.81. The molecule has 0 saturated heterocycles. The summed E-state index contributed by atoms with van der Waals surface area (Å²) >= 11 is 0. The van der Waals surface area contributed by atoms with E-state index in [1.54, 1.807) is 0 Å². The van der Waals surface area contributed by atoms with E-state index in [2.05, 4.69) is 32.9 Å². The van der Waals surface area contributed by atoms with Gasteiger partial charge in [0.2, 0.25) is 0 Å². The number of allylic oxidation sites excluding steroid dienone is 3. The van der Waals surface area contributed by atoms with Gasteiger partial charge in [-0.2, -0.15) is 0 Å². The molecular weight excluding hydrogens is 172 g/mol. The van der Waals surface area contributed by atoms with Crippen LogP contribution in [0.3, 0.4) is 0 Å². The maximum atomic E-state index is 8.91. The predicted octanol–water partition coefficient (Wildman–Crippen LogP) is 3.31. The van der Waals surface area contributed by atoms with Gasteiger partial charge < -0.3 is 5.11 Å². The molecule has 0 heterocycles. The van der Waals surface area contributed by atoms with Gasteiger partial charge in [-0.05, 0) is 38.0 Å². The van der Waals surface area contributed by atoms with Gasteiger partial charge in [-0.15, -0.1) is 0 Å². The van der Waals surface area contributed by atoms with Crippen molar-refractivity contribution >= 4 is 0 Å². The number of aliphatic hydroxyl groups is 1. The Kier molecular flexibility index (Phi) is 3.54. The maximum Gasteiger partial charge on any atom is 0.0639 e. The van der Waals surface area contributed by atoms with Gasteiger partial charge in [0.05, 0.1) is 6.61 Å². The first-order valence-electron chi connectivity index (χ1n) is 5.42. The molecule has 0 aromatic rings. The topological polar surface area (TPSA) is 20.2 Å². The summed E-state index contributed by atoms with van der Waals surface area (Å²) in [7, 11) is 0. The molecule has 0 aliphatic heterocycles. The van der Waals surface area contributed by atoms with Crippen molar-refractivity contribution in [2.24, 2.45) is 11.3 Å². The van der Waals surface area contributed by atoms with Gasteiger partial charge in [-0.3, -0.25) is 0 Å². The van der Waals surface area contributed by atoms with Crippen molar-refractivity contribution in [1.82, 2.24) is 0 Å². The van der Waals surface area contributed by atoms with E-state index in [-0.39, 0.29) is 6.61 Å². The third kappa shape index (κ3) is 2.27. The molecule has 1 aliphatic rings. The normalized spacial score (nSPS) is 26.5. The largest absolute Gasteiger partial charge is 0.392 e. The predicted molar refractivity (Wildman–Crippen MR) is 61.1 cm³/mol. The fourth-order valence-electron chi connectivity index (χ4n) is 2.00. The minimum Gasteiger partial charge on any atom is -0.392 e. The summed E-state index contributed by atoms with van der Waals surface area (Å²) in [4.78, 5) is 0. The summed E-state index contributed by atoms with van der Waals surface area (Å²) in [6.45, 7) is 9.04. The van der Waals surface area contributed by atoms with Crippen LogP contribution in [0.1, 0.15) is 40.5 Å². The van der Waals surface area contributed by atoms with E-state index < -0.39 is 0 Å². The van der Waals surface area contributed by atoms with E-state index in [1.165, 1.54) is 12.0 Å². The Morgan fingerprint density at radius 2 is 2.29 bits per heavy atom. The molecule has 80 valence electrons. The van der Waals surface area contributed by atoms with Crippen LogP contribution < -0.4 is 0 Å². The highest BCUT2D eigenvalue weighted by molar-refractivity contribution is 5.19. The molecule has 0 radical (unpaired) electrons. The molecule has 1 unspecified atom stereocenters. The van der Waals surface area contributed by atoms with Gasteiger partial charge in [0.15, 0.2) is 0 Å². The first kappa shape index (κ1) is 11.5. The summed E-state index contributed by atoms with van der Waals surface area (Å²) < 4.78 is 0. The van der Waals surface area contributed by atoms with Gasteiger partial charge in [0, 0.05) is 0 Å². The van der Waals surface area contributed by atoms with Crippen molar-refractivity contribution in [3.63, 3.8) is 0 Å². The number of aliphatic hydroxyl groups excluding tert-OH is 1. The Bertz CT molecular complexity index is 258. The molecule has 0 saturated carbocycles. The van der Waals surface area contributed by atoms with Crippen LogP contribution in [0.4, 0.5) is 0 Å². The average molecular weight is 194 g/mol. The maximum absolute atomic E-state index is 8.91. The van der Waals surface area contributed by atoms with Gasteiger partial charge >= 0.3 is 0 Å². The molecule has 1 atom stereocenters. The minimum absolute atomic E-state index is 0.194. The molecule has 1 rings (SSSR count).